The lowest BCUT2D eigenvalue weighted by Gasteiger charge is -1.90. The second kappa shape index (κ2) is 5.72. The lowest BCUT2D eigenvalue weighted by atomic mass is 10.2. The maximum atomic E-state index is 3.27. The fourth-order valence-corrected chi connectivity index (χ4v) is 0.799. The Labute approximate surface area is 65.2 Å². The van der Waals surface area contributed by atoms with Crippen LogP contribution in [-0.2, 0) is 0 Å². The highest BCUT2D eigenvalue weighted by Crippen LogP contribution is 2.03. The molecule has 10 heavy (non-hydrogen) atoms. The molecule has 0 bridgehead atoms. The molecule has 1 rings (SSSR count). The third kappa shape index (κ3) is 7.96. The zero-order valence-corrected chi connectivity index (χ0v) is 7.78. The number of rotatable bonds is 0. The molecular formula is C9H21N. The van der Waals surface area contributed by atoms with Gasteiger partial charge >= 0.3 is 0 Å². The average Bonchev–Trinajstić information content (AvgIpc) is 2.15. The quantitative estimate of drug-likeness (QED) is 0.548. The van der Waals surface area contributed by atoms with Gasteiger partial charge in [0.1, 0.15) is 0 Å². The van der Waals surface area contributed by atoms with Crippen molar-refractivity contribution >= 4 is 0 Å². The van der Waals surface area contributed by atoms with Gasteiger partial charge in [-0.15, -0.1) is 0 Å². The molecule has 1 aliphatic heterocycles. The Bertz CT molecular complexity index is 60.4. The Morgan fingerprint density at radius 1 is 1.30 bits per heavy atom. The standard InChI is InChI=1S/C5H11N.C4H10/c1-5-2-3-6-4-5;1-4(2)3/h5-6H,2-4H2,1H3;4H,1-3H3. The van der Waals surface area contributed by atoms with Crippen molar-refractivity contribution in [2.75, 3.05) is 13.1 Å². The Balaban J connectivity index is 0.000000180. The molecule has 0 radical (unpaired) electrons. The monoisotopic (exact) mass is 143 g/mol. The van der Waals surface area contributed by atoms with Crippen LogP contribution in [0.25, 0.3) is 0 Å². The molecule has 1 fully saturated rings. The Morgan fingerprint density at radius 2 is 1.80 bits per heavy atom. The number of hydrogen-bond acceptors (Lipinski definition) is 1. The maximum absolute atomic E-state index is 3.27. The van der Waals surface area contributed by atoms with Crippen LogP contribution in [0.4, 0.5) is 0 Å². The molecule has 0 aromatic heterocycles. The molecule has 1 heteroatoms. The fraction of sp³-hybridized carbons (Fsp3) is 1.00. The molecule has 1 aliphatic rings. The van der Waals surface area contributed by atoms with Gasteiger partial charge in [-0.2, -0.15) is 0 Å². The van der Waals surface area contributed by atoms with Crippen LogP contribution in [0.3, 0.4) is 0 Å². The summed E-state index contributed by atoms with van der Waals surface area (Å²) in [6.45, 7) is 11.3. The van der Waals surface area contributed by atoms with E-state index in [1.807, 2.05) is 0 Å². The van der Waals surface area contributed by atoms with Gasteiger partial charge in [0.15, 0.2) is 0 Å². The van der Waals surface area contributed by atoms with Gasteiger partial charge in [0.25, 0.3) is 0 Å². The summed E-state index contributed by atoms with van der Waals surface area (Å²) in [6, 6.07) is 0. The van der Waals surface area contributed by atoms with Gasteiger partial charge in [0.2, 0.25) is 0 Å². The molecule has 1 saturated heterocycles. The molecule has 0 aliphatic carbocycles. The zero-order chi connectivity index (χ0) is 7.98. The van der Waals surface area contributed by atoms with Gasteiger partial charge < -0.3 is 5.32 Å². The molecule has 1 atom stereocenters. The van der Waals surface area contributed by atoms with E-state index in [1.165, 1.54) is 19.5 Å². The second-order valence-corrected chi connectivity index (χ2v) is 3.83. The average molecular weight is 143 g/mol. The van der Waals surface area contributed by atoms with E-state index in [-0.39, 0.29) is 0 Å². The Kier molecular flexibility index (Phi) is 5.70. The van der Waals surface area contributed by atoms with E-state index in [2.05, 4.69) is 33.0 Å². The summed E-state index contributed by atoms with van der Waals surface area (Å²) in [5.74, 6) is 1.77. The lowest BCUT2D eigenvalue weighted by Crippen LogP contribution is -2.06. The molecule has 1 unspecified atom stereocenters. The SMILES string of the molecule is CC(C)C.CC1CCNC1. The third-order valence-corrected chi connectivity index (χ3v) is 1.31. The van der Waals surface area contributed by atoms with Crippen LogP contribution >= 0.6 is 0 Å². The highest BCUT2D eigenvalue weighted by Gasteiger charge is 2.06. The number of hydrogen-bond donors (Lipinski definition) is 1. The Morgan fingerprint density at radius 3 is 1.90 bits per heavy atom. The van der Waals surface area contributed by atoms with Crippen molar-refractivity contribution in [3.05, 3.63) is 0 Å². The molecule has 0 aromatic rings. The van der Waals surface area contributed by atoms with Crippen molar-refractivity contribution in [2.24, 2.45) is 11.8 Å². The van der Waals surface area contributed by atoms with Crippen molar-refractivity contribution in [3.8, 4) is 0 Å². The minimum absolute atomic E-state index is 0.833. The Hall–Kier alpha value is -0.0400. The molecule has 1 nitrogen and oxygen atoms in total. The van der Waals surface area contributed by atoms with Crippen molar-refractivity contribution < 1.29 is 0 Å². The molecule has 0 amide bonds. The molecular weight excluding hydrogens is 122 g/mol. The molecule has 0 aromatic carbocycles. The molecule has 0 spiro atoms. The van der Waals surface area contributed by atoms with E-state index in [4.69, 9.17) is 0 Å². The predicted molar refractivity (Wildman–Crippen MR) is 47.2 cm³/mol. The first kappa shape index (κ1) is 9.96. The summed E-state index contributed by atoms with van der Waals surface area (Å²) in [5, 5.41) is 3.27. The van der Waals surface area contributed by atoms with Crippen LogP contribution in [0, 0.1) is 11.8 Å². The second-order valence-electron chi connectivity index (χ2n) is 3.83. The lowest BCUT2D eigenvalue weighted by molar-refractivity contribution is 0.651. The van der Waals surface area contributed by atoms with Crippen LogP contribution in [0.1, 0.15) is 34.1 Å². The van der Waals surface area contributed by atoms with Gasteiger partial charge in [-0.1, -0.05) is 27.7 Å². The summed E-state index contributed by atoms with van der Waals surface area (Å²) in [4.78, 5) is 0. The predicted octanol–water partition coefficient (Wildman–Crippen LogP) is 2.28. The van der Waals surface area contributed by atoms with E-state index in [0.717, 1.165) is 11.8 Å². The van der Waals surface area contributed by atoms with Gasteiger partial charge in [-0.05, 0) is 31.3 Å². The minimum Gasteiger partial charge on any atom is -0.316 e. The first-order valence-electron chi connectivity index (χ1n) is 4.33. The van der Waals surface area contributed by atoms with Crippen molar-refractivity contribution in [1.29, 1.82) is 0 Å². The largest absolute Gasteiger partial charge is 0.316 e. The summed E-state index contributed by atoms with van der Waals surface area (Å²) in [5.41, 5.74) is 0. The van der Waals surface area contributed by atoms with Crippen LogP contribution in [0.2, 0.25) is 0 Å². The van der Waals surface area contributed by atoms with E-state index in [1.54, 1.807) is 0 Å². The molecule has 62 valence electrons. The van der Waals surface area contributed by atoms with Gasteiger partial charge in [0.05, 0.1) is 0 Å². The van der Waals surface area contributed by atoms with E-state index >= 15 is 0 Å². The number of nitrogens with one attached hydrogen (secondary N) is 1. The maximum Gasteiger partial charge on any atom is -0.00227 e. The van der Waals surface area contributed by atoms with Gasteiger partial charge in [0, 0.05) is 0 Å². The van der Waals surface area contributed by atoms with Crippen molar-refractivity contribution in [3.63, 3.8) is 0 Å². The summed E-state index contributed by atoms with van der Waals surface area (Å²) in [7, 11) is 0. The van der Waals surface area contributed by atoms with Gasteiger partial charge in [-0.25, -0.2) is 0 Å². The molecule has 1 heterocycles. The first-order chi connectivity index (χ1) is 4.63. The van der Waals surface area contributed by atoms with E-state index in [9.17, 15) is 0 Å². The van der Waals surface area contributed by atoms with E-state index in [0.29, 0.717) is 0 Å². The summed E-state index contributed by atoms with van der Waals surface area (Å²) >= 11 is 0. The fourth-order valence-electron chi connectivity index (χ4n) is 0.799. The molecule has 1 N–H and O–H groups in total. The first-order valence-corrected chi connectivity index (χ1v) is 4.33. The smallest absolute Gasteiger partial charge is 0.00227 e. The zero-order valence-electron chi connectivity index (χ0n) is 7.78. The summed E-state index contributed by atoms with van der Waals surface area (Å²) < 4.78 is 0. The summed E-state index contributed by atoms with van der Waals surface area (Å²) in [6.07, 6.45) is 1.38. The minimum atomic E-state index is 0.833. The van der Waals surface area contributed by atoms with Gasteiger partial charge in [-0.3, -0.25) is 0 Å². The van der Waals surface area contributed by atoms with Crippen LogP contribution in [0.15, 0.2) is 0 Å². The van der Waals surface area contributed by atoms with Crippen molar-refractivity contribution in [2.45, 2.75) is 34.1 Å². The highest BCUT2D eigenvalue weighted by atomic mass is 14.9. The van der Waals surface area contributed by atoms with Crippen LogP contribution < -0.4 is 5.32 Å². The van der Waals surface area contributed by atoms with Crippen LogP contribution in [-0.4, -0.2) is 13.1 Å². The van der Waals surface area contributed by atoms with Crippen LogP contribution in [0.5, 0.6) is 0 Å². The highest BCUT2D eigenvalue weighted by molar-refractivity contribution is 4.65. The third-order valence-electron chi connectivity index (χ3n) is 1.31. The topological polar surface area (TPSA) is 12.0 Å². The van der Waals surface area contributed by atoms with Crippen molar-refractivity contribution in [1.82, 2.24) is 5.32 Å². The van der Waals surface area contributed by atoms with E-state index < -0.39 is 0 Å². The molecule has 0 saturated carbocycles. The normalized spacial score (nSPS) is 24.3.